The molecule has 4 rings (SSSR count). The summed E-state index contributed by atoms with van der Waals surface area (Å²) in [4.78, 5) is 28.0. The molecule has 2 heterocycles. The van der Waals surface area contributed by atoms with Crippen molar-refractivity contribution in [1.29, 1.82) is 0 Å². The Balaban J connectivity index is 1.54. The minimum absolute atomic E-state index is 0.166. The van der Waals surface area contributed by atoms with Crippen molar-refractivity contribution < 1.29 is 4.79 Å². The first-order valence-corrected chi connectivity index (χ1v) is 10.1. The number of hydrogen-bond donors (Lipinski definition) is 2. The van der Waals surface area contributed by atoms with Gasteiger partial charge in [0.05, 0.1) is 23.5 Å². The summed E-state index contributed by atoms with van der Waals surface area (Å²) in [6.45, 7) is 2.31. The van der Waals surface area contributed by atoms with Gasteiger partial charge >= 0.3 is 0 Å². The number of para-hydroxylation sites is 1. The van der Waals surface area contributed by atoms with Crippen LogP contribution in [-0.2, 0) is 13.0 Å². The standard InChI is InChI=1S/C22H26N4O2/c1-2-7-20-18(14-24-26(20)17-9-4-5-10-17)22(28)23-13-16-12-15-8-3-6-11-19(15)25-21(16)27/h3,6,8,11-12,14,17H,2,4-5,7,9-10,13H2,1H3,(H,23,28)(H,25,27). The highest BCUT2D eigenvalue weighted by atomic mass is 16.2. The summed E-state index contributed by atoms with van der Waals surface area (Å²) >= 11 is 0. The zero-order chi connectivity index (χ0) is 19.5. The van der Waals surface area contributed by atoms with Crippen LogP contribution in [0.15, 0.2) is 41.3 Å². The average Bonchev–Trinajstić information content (AvgIpc) is 3.36. The van der Waals surface area contributed by atoms with Gasteiger partial charge in [-0.1, -0.05) is 44.4 Å². The normalized spacial score (nSPS) is 14.6. The minimum Gasteiger partial charge on any atom is -0.348 e. The second-order valence-corrected chi connectivity index (χ2v) is 7.53. The SMILES string of the molecule is CCCc1c(C(=O)NCc2cc3ccccc3[nH]c2=O)cnn1C1CCCC1. The maximum absolute atomic E-state index is 12.8. The van der Waals surface area contributed by atoms with Crippen molar-refractivity contribution in [2.75, 3.05) is 0 Å². The van der Waals surface area contributed by atoms with E-state index < -0.39 is 0 Å². The Morgan fingerprint density at radius 2 is 2.07 bits per heavy atom. The van der Waals surface area contributed by atoms with Crippen LogP contribution in [-0.4, -0.2) is 20.7 Å². The number of nitrogens with zero attached hydrogens (tertiary/aromatic N) is 2. The lowest BCUT2D eigenvalue weighted by atomic mass is 10.1. The van der Waals surface area contributed by atoms with Gasteiger partial charge in [-0.2, -0.15) is 5.10 Å². The molecule has 6 nitrogen and oxygen atoms in total. The molecule has 0 radical (unpaired) electrons. The second kappa shape index (κ2) is 8.00. The number of fused-ring (bicyclic) bond motifs is 1. The number of carbonyl (C=O) groups excluding carboxylic acids is 1. The zero-order valence-corrected chi connectivity index (χ0v) is 16.2. The third-order valence-electron chi connectivity index (χ3n) is 5.57. The molecule has 1 aliphatic carbocycles. The first-order valence-electron chi connectivity index (χ1n) is 10.1. The van der Waals surface area contributed by atoms with E-state index in [0.29, 0.717) is 17.2 Å². The highest BCUT2D eigenvalue weighted by Gasteiger charge is 2.24. The van der Waals surface area contributed by atoms with Crippen LogP contribution in [0.3, 0.4) is 0 Å². The molecule has 0 saturated heterocycles. The van der Waals surface area contributed by atoms with Gasteiger partial charge in [-0.05, 0) is 36.8 Å². The van der Waals surface area contributed by atoms with Gasteiger partial charge in [0.15, 0.2) is 0 Å². The number of rotatable bonds is 6. The van der Waals surface area contributed by atoms with E-state index in [2.05, 4.69) is 27.0 Å². The maximum Gasteiger partial charge on any atom is 0.255 e. The lowest BCUT2D eigenvalue weighted by Gasteiger charge is -2.15. The van der Waals surface area contributed by atoms with E-state index in [1.807, 2.05) is 30.3 Å². The van der Waals surface area contributed by atoms with Crippen LogP contribution in [0.4, 0.5) is 0 Å². The van der Waals surface area contributed by atoms with E-state index in [1.165, 1.54) is 12.8 Å². The molecule has 1 aliphatic rings. The molecular weight excluding hydrogens is 352 g/mol. The molecular formula is C22H26N4O2. The number of pyridine rings is 1. The van der Waals surface area contributed by atoms with Crippen LogP contribution in [0.2, 0.25) is 0 Å². The third kappa shape index (κ3) is 3.59. The minimum atomic E-state index is -0.172. The molecule has 1 saturated carbocycles. The number of carbonyl (C=O) groups is 1. The van der Waals surface area contributed by atoms with Crippen molar-refractivity contribution in [2.24, 2.45) is 0 Å². The van der Waals surface area contributed by atoms with Crippen LogP contribution in [0.25, 0.3) is 10.9 Å². The number of aromatic amines is 1. The second-order valence-electron chi connectivity index (χ2n) is 7.53. The van der Waals surface area contributed by atoms with E-state index in [9.17, 15) is 9.59 Å². The Hall–Kier alpha value is -2.89. The molecule has 1 fully saturated rings. The van der Waals surface area contributed by atoms with Gasteiger partial charge in [-0.25, -0.2) is 0 Å². The Kier molecular flexibility index (Phi) is 5.28. The summed E-state index contributed by atoms with van der Waals surface area (Å²) in [6, 6.07) is 9.87. The molecule has 2 N–H and O–H groups in total. The summed E-state index contributed by atoms with van der Waals surface area (Å²) in [5.74, 6) is -0.166. The highest BCUT2D eigenvalue weighted by Crippen LogP contribution is 2.31. The van der Waals surface area contributed by atoms with E-state index >= 15 is 0 Å². The predicted molar refractivity (Wildman–Crippen MR) is 109 cm³/mol. The summed E-state index contributed by atoms with van der Waals surface area (Å²) in [7, 11) is 0. The topological polar surface area (TPSA) is 79.8 Å². The quantitative estimate of drug-likeness (QED) is 0.686. The maximum atomic E-state index is 12.8. The van der Waals surface area contributed by atoms with Crippen LogP contribution in [0, 0.1) is 0 Å². The summed E-state index contributed by atoms with van der Waals surface area (Å²) < 4.78 is 2.06. The summed E-state index contributed by atoms with van der Waals surface area (Å²) in [5.41, 5.74) is 2.82. The number of amides is 1. The van der Waals surface area contributed by atoms with Crippen molar-refractivity contribution >= 4 is 16.8 Å². The molecule has 0 atom stereocenters. The van der Waals surface area contributed by atoms with Crippen molar-refractivity contribution in [3.8, 4) is 0 Å². The molecule has 28 heavy (non-hydrogen) atoms. The van der Waals surface area contributed by atoms with E-state index in [1.54, 1.807) is 6.20 Å². The fraction of sp³-hybridized carbons (Fsp3) is 0.409. The largest absolute Gasteiger partial charge is 0.348 e. The number of nitrogens with one attached hydrogen (secondary N) is 2. The molecule has 146 valence electrons. The van der Waals surface area contributed by atoms with Crippen LogP contribution in [0.5, 0.6) is 0 Å². The molecule has 1 aromatic carbocycles. The Labute approximate surface area is 164 Å². The summed E-state index contributed by atoms with van der Waals surface area (Å²) in [5, 5.41) is 8.40. The van der Waals surface area contributed by atoms with E-state index in [-0.39, 0.29) is 18.0 Å². The van der Waals surface area contributed by atoms with Crippen molar-refractivity contribution in [1.82, 2.24) is 20.1 Å². The number of hydrogen-bond acceptors (Lipinski definition) is 3. The van der Waals surface area contributed by atoms with Gasteiger partial charge in [-0.3, -0.25) is 14.3 Å². The average molecular weight is 378 g/mol. The van der Waals surface area contributed by atoms with Gasteiger partial charge in [-0.15, -0.1) is 0 Å². The Morgan fingerprint density at radius 3 is 2.86 bits per heavy atom. The van der Waals surface area contributed by atoms with Gasteiger partial charge < -0.3 is 10.3 Å². The van der Waals surface area contributed by atoms with Gasteiger partial charge in [0.2, 0.25) is 0 Å². The number of benzene rings is 1. The van der Waals surface area contributed by atoms with Crippen molar-refractivity contribution in [3.05, 3.63) is 63.7 Å². The van der Waals surface area contributed by atoms with Crippen LogP contribution in [0.1, 0.15) is 66.7 Å². The zero-order valence-electron chi connectivity index (χ0n) is 16.2. The Bertz CT molecular complexity index is 1040. The van der Waals surface area contributed by atoms with E-state index in [0.717, 1.165) is 42.3 Å². The first kappa shape index (κ1) is 18.5. The van der Waals surface area contributed by atoms with E-state index in [4.69, 9.17) is 0 Å². The van der Waals surface area contributed by atoms with Gasteiger partial charge in [0, 0.05) is 17.6 Å². The number of H-pyrrole nitrogens is 1. The molecule has 0 spiro atoms. The van der Waals surface area contributed by atoms with Gasteiger partial charge in [0.1, 0.15) is 0 Å². The fourth-order valence-electron chi connectivity index (χ4n) is 4.12. The van der Waals surface area contributed by atoms with Crippen molar-refractivity contribution in [3.63, 3.8) is 0 Å². The smallest absolute Gasteiger partial charge is 0.255 e. The fourth-order valence-corrected chi connectivity index (χ4v) is 4.12. The van der Waals surface area contributed by atoms with Gasteiger partial charge in [0.25, 0.3) is 11.5 Å². The molecule has 0 bridgehead atoms. The molecule has 1 amide bonds. The predicted octanol–water partition coefficient (Wildman–Crippen LogP) is 3.72. The molecule has 0 unspecified atom stereocenters. The lowest BCUT2D eigenvalue weighted by molar-refractivity contribution is 0.0949. The lowest BCUT2D eigenvalue weighted by Crippen LogP contribution is -2.27. The van der Waals surface area contributed by atoms with Crippen molar-refractivity contribution in [2.45, 2.75) is 58.0 Å². The molecule has 0 aliphatic heterocycles. The molecule has 6 heteroatoms. The highest BCUT2D eigenvalue weighted by molar-refractivity contribution is 5.95. The van der Waals surface area contributed by atoms with Crippen LogP contribution < -0.4 is 10.9 Å². The Morgan fingerprint density at radius 1 is 1.29 bits per heavy atom. The molecule has 2 aromatic heterocycles. The summed E-state index contributed by atoms with van der Waals surface area (Å²) in [6.07, 6.45) is 8.19. The molecule has 3 aromatic rings. The third-order valence-corrected chi connectivity index (χ3v) is 5.57. The van der Waals surface area contributed by atoms with Crippen LogP contribution >= 0.6 is 0 Å². The monoisotopic (exact) mass is 378 g/mol. The first-order chi connectivity index (χ1) is 13.7. The number of aromatic nitrogens is 3.